The van der Waals surface area contributed by atoms with Crippen molar-refractivity contribution in [2.24, 2.45) is 5.92 Å². The number of carbonyl (C=O) groups is 1. The lowest BCUT2D eigenvalue weighted by atomic mass is 9.94. The van der Waals surface area contributed by atoms with Crippen LogP contribution in [0.15, 0.2) is 48.8 Å². The lowest BCUT2D eigenvalue weighted by Crippen LogP contribution is -2.48. The highest BCUT2D eigenvalue weighted by Crippen LogP contribution is 2.29. The summed E-state index contributed by atoms with van der Waals surface area (Å²) >= 11 is 0. The van der Waals surface area contributed by atoms with Crippen LogP contribution in [-0.2, 0) is 17.8 Å². The Morgan fingerprint density at radius 3 is 2.44 bits per heavy atom. The van der Waals surface area contributed by atoms with Crippen molar-refractivity contribution in [1.82, 2.24) is 19.8 Å². The van der Waals surface area contributed by atoms with E-state index in [0.717, 1.165) is 44.0 Å². The summed E-state index contributed by atoms with van der Waals surface area (Å²) in [5.41, 5.74) is 1.97. The number of fused-ring (bicyclic) bond motifs is 4. The van der Waals surface area contributed by atoms with E-state index < -0.39 is 0 Å². The van der Waals surface area contributed by atoms with Gasteiger partial charge < -0.3 is 4.90 Å². The van der Waals surface area contributed by atoms with E-state index in [4.69, 9.17) is 0 Å². The molecular weight excluding hydrogens is 312 g/mol. The van der Waals surface area contributed by atoms with Crippen LogP contribution in [0.4, 0.5) is 0 Å². The second-order valence-electron chi connectivity index (χ2n) is 7.16. The zero-order valence-electron chi connectivity index (χ0n) is 14.4. The molecule has 2 aromatic heterocycles. The van der Waals surface area contributed by atoms with Crippen LogP contribution in [0, 0.1) is 5.92 Å². The zero-order valence-corrected chi connectivity index (χ0v) is 14.4. The topological polar surface area (TPSA) is 49.3 Å². The molecule has 2 atom stereocenters. The number of rotatable bonds is 4. The maximum atomic E-state index is 12.8. The molecule has 0 spiro atoms. The molecular formula is C20H24N4O. The average Bonchev–Trinajstić information content (AvgIpc) is 2.94. The van der Waals surface area contributed by atoms with E-state index in [0.29, 0.717) is 18.4 Å². The number of hydrogen-bond acceptors (Lipinski definition) is 4. The number of carbonyl (C=O) groups excluding carboxylic acids is 1. The third kappa shape index (κ3) is 3.87. The van der Waals surface area contributed by atoms with Crippen LogP contribution in [0.1, 0.15) is 24.2 Å². The van der Waals surface area contributed by atoms with Gasteiger partial charge in [-0.15, -0.1) is 0 Å². The first-order valence-electron chi connectivity index (χ1n) is 9.09. The van der Waals surface area contributed by atoms with E-state index in [1.54, 1.807) is 6.20 Å². The SMILES string of the molecule is O=C(Cc1ccccn1)N1C[C@H]2CC[C@@H]1CN(Cc1ccccn1)C2. The quantitative estimate of drug-likeness (QED) is 0.858. The summed E-state index contributed by atoms with van der Waals surface area (Å²) in [7, 11) is 0. The van der Waals surface area contributed by atoms with Crippen LogP contribution >= 0.6 is 0 Å². The molecule has 5 heteroatoms. The Kier molecular flexibility index (Phi) is 4.74. The van der Waals surface area contributed by atoms with E-state index in [1.165, 1.54) is 6.42 Å². The van der Waals surface area contributed by atoms with Crippen molar-refractivity contribution >= 4 is 5.91 Å². The molecule has 0 saturated carbocycles. The molecule has 130 valence electrons. The van der Waals surface area contributed by atoms with Gasteiger partial charge in [-0.1, -0.05) is 12.1 Å². The Morgan fingerprint density at radius 1 is 0.960 bits per heavy atom. The molecule has 5 nitrogen and oxygen atoms in total. The van der Waals surface area contributed by atoms with Crippen molar-refractivity contribution in [3.63, 3.8) is 0 Å². The van der Waals surface area contributed by atoms with Gasteiger partial charge in [0.05, 0.1) is 12.1 Å². The summed E-state index contributed by atoms with van der Waals surface area (Å²) in [6.07, 6.45) is 6.34. The number of aromatic nitrogens is 2. The first-order chi connectivity index (χ1) is 12.3. The third-order valence-corrected chi connectivity index (χ3v) is 5.28. The standard InChI is InChI=1S/C20H24N4O/c25-20(11-17-5-1-3-9-21-17)24-13-16-7-8-19(24)15-23(12-16)14-18-6-2-4-10-22-18/h1-6,9-10,16,19H,7-8,11-15H2/t16-,19+/m0/s1. The minimum Gasteiger partial charge on any atom is -0.338 e. The molecule has 3 aliphatic rings. The molecule has 0 unspecified atom stereocenters. The molecule has 3 saturated heterocycles. The lowest BCUT2D eigenvalue weighted by molar-refractivity contribution is -0.134. The normalized spacial score (nSPS) is 23.4. The number of amides is 1. The van der Waals surface area contributed by atoms with Gasteiger partial charge in [0.1, 0.15) is 0 Å². The number of piperidine rings is 1. The van der Waals surface area contributed by atoms with Crippen molar-refractivity contribution in [2.45, 2.75) is 31.8 Å². The van der Waals surface area contributed by atoms with E-state index in [1.807, 2.05) is 36.5 Å². The zero-order chi connectivity index (χ0) is 17.1. The Morgan fingerprint density at radius 2 is 1.72 bits per heavy atom. The smallest absolute Gasteiger partial charge is 0.228 e. The summed E-state index contributed by atoms with van der Waals surface area (Å²) in [5, 5.41) is 0. The Balaban J connectivity index is 1.43. The third-order valence-electron chi connectivity index (χ3n) is 5.28. The average molecular weight is 336 g/mol. The molecule has 25 heavy (non-hydrogen) atoms. The molecule has 0 aliphatic carbocycles. The maximum Gasteiger partial charge on any atom is 0.228 e. The molecule has 2 bridgehead atoms. The van der Waals surface area contributed by atoms with Crippen molar-refractivity contribution < 1.29 is 4.79 Å². The Hall–Kier alpha value is -2.27. The molecule has 0 radical (unpaired) electrons. The molecule has 2 aromatic rings. The van der Waals surface area contributed by atoms with E-state index in [2.05, 4.69) is 25.8 Å². The van der Waals surface area contributed by atoms with Crippen LogP contribution in [0.5, 0.6) is 0 Å². The van der Waals surface area contributed by atoms with Crippen LogP contribution in [0.2, 0.25) is 0 Å². The maximum absolute atomic E-state index is 12.8. The van der Waals surface area contributed by atoms with E-state index in [9.17, 15) is 4.79 Å². The van der Waals surface area contributed by atoms with Gasteiger partial charge in [-0.2, -0.15) is 0 Å². The number of hydrogen-bond donors (Lipinski definition) is 0. The second kappa shape index (κ2) is 7.31. The van der Waals surface area contributed by atoms with Gasteiger partial charge in [-0.25, -0.2) is 0 Å². The van der Waals surface area contributed by atoms with Gasteiger partial charge in [0.15, 0.2) is 0 Å². The molecule has 0 aromatic carbocycles. The van der Waals surface area contributed by atoms with Crippen LogP contribution < -0.4 is 0 Å². The van der Waals surface area contributed by atoms with Crippen LogP contribution in [0.25, 0.3) is 0 Å². The highest BCUT2D eigenvalue weighted by Gasteiger charge is 2.37. The molecule has 5 heterocycles. The highest BCUT2D eigenvalue weighted by atomic mass is 16.2. The first kappa shape index (κ1) is 16.2. The van der Waals surface area contributed by atoms with Gasteiger partial charge in [0.25, 0.3) is 0 Å². The monoisotopic (exact) mass is 336 g/mol. The number of pyridine rings is 2. The Labute approximate surface area is 148 Å². The Bertz CT molecular complexity index is 706. The van der Waals surface area contributed by atoms with Gasteiger partial charge in [-0.3, -0.25) is 19.7 Å². The minimum atomic E-state index is 0.216. The summed E-state index contributed by atoms with van der Waals surface area (Å²) in [5.74, 6) is 0.781. The van der Waals surface area contributed by atoms with Crippen LogP contribution in [0.3, 0.4) is 0 Å². The summed E-state index contributed by atoms with van der Waals surface area (Å²) in [4.78, 5) is 26.2. The fourth-order valence-corrected chi connectivity index (χ4v) is 4.09. The van der Waals surface area contributed by atoms with Crippen LogP contribution in [-0.4, -0.2) is 51.4 Å². The number of nitrogens with zero attached hydrogens (tertiary/aromatic N) is 4. The predicted molar refractivity (Wildman–Crippen MR) is 95.7 cm³/mol. The fraction of sp³-hybridized carbons (Fsp3) is 0.450. The van der Waals surface area contributed by atoms with Crippen molar-refractivity contribution in [3.05, 3.63) is 60.2 Å². The van der Waals surface area contributed by atoms with Gasteiger partial charge in [-0.05, 0) is 43.0 Å². The molecule has 1 amide bonds. The minimum absolute atomic E-state index is 0.216. The predicted octanol–water partition coefficient (Wildman–Crippen LogP) is 2.14. The van der Waals surface area contributed by atoms with E-state index >= 15 is 0 Å². The fourth-order valence-electron chi connectivity index (χ4n) is 4.09. The molecule has 3 fully saturated rings. The summed E-state index contributed by atoms with van der Waals surface area (Å²) < 4.78 is 0. The molecule has 0 N–H and O–H groups in total. The second-order valence-corrected chi connectivity index (χ2v) is 7.16. The van der Waals surface area contributed by atoms with Gasteiger partial charge in [0, 0.05) is 50.3 Å². The van der Waals surface area contributed by atoms with Gasteiger partial charge in [0.2, 0.25) is 5.91 Å². The largest absolute Gasteiger partial charge is 0.338 e. The highest BCUT2D eigenvalue weighted by molar-refractivity contribution is 5.78. The molecule has 5 rings (SSSR count). The van der Waals surface area contributed by atoms with Crippen molar-refractivity contribution in [3.8, 4) is 0 Å². The molecule has 3 aliphatic heterocycles. The van der Waals surface area contributed by atoms with E-state index in [-0.39, 0.29) is 5.91 Å². The summed E-state index contributed by atoms with van der Waals surface area (Å²) in [6, 6.07) is 12.2. The van der Waals surface area contributed by atoms with Crippen molar-refractivity contribution in [1.29, 1.82) is 0 Å². The first-order valence-corrected chi connectivity index (χ1v) is 9.09. The lowest BCUT2D eigenvalue weighted by Gasteiger charge is -2.36. The summed E-state index contributed by atoms with van der Waals surface area (Å²) in [6.45, 7) is 3.76. The van der Waals surface area contributed by atoms with Gasteiger partial charge >= 0.3 is 0 Å². The van der Waals surface area contributed by atoms with Crippen molar-refractivity contribution in [2.75, 3.05) is 19.6 Å².